The number of nitrogens with two attached hydrogens (primary N) is 1. The van der Waals surface area contributed by atoms with Crippen LogP contribution in [0.3, 0.4) is 0 Å². The highest BCUT2D eigenvalue weighted by atomic mass is 19.1. The molecular formula is C13H10FN3O3. The van der Waals surface area contributed by atoms with Crippen LogP contribution in [0.5, 0.6) is 0 Å². The number of nitrogen functional groups attached to an aromatic ring is 1. The predicted molar refractivity (Wildman–Crippen MR) is 71.9 cm³/mol. The van der Waals surface area contributed by atoms with Crippen LogP contribution in [-0.4, -0.2) is 10.8 Å². The third-order valence-corrected chi connectivity index (χ3v) is 2.61. The molecule has 20 heavy (non-hydrogen) atoms. The number of carbonyl (C=O) groups is 1. The number of nitrogens with one attached hydrogen (secondary N) is 1. The number of rotatable bonds is 3. The SMILES string of the molecule is Nc1cc(C(=O)Nc2ccccc2F)ccc1[N+](=O)[O-]. The van der Waals surface area contributed by atoms with E-state index in [-0.39, 0.29) is 22.6 Å². The second-order valence-corrected chi connectivity index (χ2v) is 3.96. The first kappa shape index (κ1) is 13.5. The number of hydrogen-bond donors (Lipinski definition) is 2. The molecule has 0 heterocycles. The highest BCUT2D eigenvalue weighted by molar-refractivity contribution is 6.05. The lowest BCUT2D eigenvalue weighted by Crippen LogP contribution is -2.13. The zero-order valence-electron chi connectivity index (χ0n) is 10.2. The van der Waals surface area contributed by atoms with Gasteiger partial charge in [0, 0.05) is 11.6 Å². The molecule has 0 saturated carbocycles. The first-order valence-electron chi connectivity index (χ1n) is 5.59. The van der Waals surface area contributed by atoms with Gasteiger partial charge in [0.15, 0.2) is 0 Å². The summed E-state index contributed by atoms with van der Waals surface area (Å²) in [6.07, 6.45) is 0. The lowest BCUT2D eigenvalue weighted by Gasteiger charge is -2.06. The zero-order valence-corrected chi connectivity index (χ0v) is 10.2. The first-order valence-corrected chi connectivity index (χ1v) is 5.59. The van der Waals surface area contributed by atoms with E-state index in [1.165, 1.54) is 30.3 Å². The number of nitrogens with zero attached hydrogens (tertiary/aromatic N) is 1. The third-order valence-electron chi connectivity index (χ3n) is 2.61. The van der Waals surface area contributed by atoms with Gasteiger partial charge < -0.3 is 11.1 Å². The molecule has 0 aliphatic rings. The summed E-state index contributed by atoms with van der Waals surface area (Å²) < 4.78 is 13.4. The van der Waals surface area contributed by atoms with Crippen LogP contribution in [0.4, 0.5) is 21.5 Å². The minimum absolute atomic E-state index is 0.0226. The molecule has 0 unspecified atom stereocenters. The van der Waals surface area contributed by atoms with Gasteiger partial charge in [-0.05, 0) is 24.3 Å². The molecule has 0 saturated heterocycles. The van der Waals surface area contributed by atoms with E-state index in [1.807, 2.05) is 0 Å². The van der Waals surface area contributed by atoms with Crippen molar-refractivity contribution in [2.45, 2.75) is 0 Å². The summed E-state index contributed by atoms with van der Waals surface area (Å²) in [6.45, 7) is 0. The van der Waals surface area contributed by atoms with Crippen molar-refractivity contribution < 1.29 is 14.1 Å². The summed E-state index contributed by atoms with van der Waals surface area (Å²) in [4.78, 5) is 21.9. The minimum atomic E-state index is -0.645. The Morgan fingerprint density at radius 1 is 1.25 bits per heavy atom. The lowest BCUT2D eigenvalue weighted by atomic mass is 10.1. The predicted octanol–water partition coefficient (Wildman–Crippen LogP) is 2.57. The number of nitro groups is 1. The maximum absolute atomic E-state index is 13.4. The summed E-state index contributed by atoms with van der Waals surface area (Å²) in [5.41, 5.74) is 5.20. The van der Waals surface area contributed by atoms with Gasteiger partial charge in [-0.15, -0.1) is 0 Å². The second kappa shape index (κ2) is 5.35. The molecule has 2 aromatic carbocycles. The van der Waals surface area contributed by atoms with Crippen molar-refractivity contribution in [3.63, 3.8) is 0 Å². The fraction of sp³-hybridized carbons (Fsp3) is 0. The number of amides is 1. The van der Waals surface area contributed by atoms with Crippen molar-refractivity contribution in [2.24, 2.45) is 0 Å². The molecule has 1 amide bonds. The van der Waals surface area contributed by atoms with Crippen LogP contribution in [0.1, 0.15) is 10.4 Å². The highest BCUT2D eigenvalue weighted by Gasteiger charge is 2.15. The van der Waals surface area contributed by atoms with Gasteiger partial charge in [-0.1, -0.05) is 12.1 Å². The van der Waals surface area contributed by atoms with Crippen molar-refractivity contribution in [1.29, 1.82) is 0 Å². The van der Waals surface area contributed by atoms with Gasteiger partial charge in [0.05, 0.1) is 10.6 Å². The topological polar surface area (TPSA) is 98.3 Å². The van der Waals surface area contributed by atoms with E-state index >= 15 is 0 Å². The van der Waals surface area contributed by atoms with E-state index in [0.717, 1.165) is 6.07 Å². The standard InChI is InChI=1S/C13H10FN3O3/c14-9-3-1-2-4-11(9)16-13(18)8-5-6-12(17(19)20)10(15)7-8/h1-7H,15H2,(H,16,18). The maximum atomic E-state index is 13.4. The summed E-state index contributed by atoms with van der Waals surface area (Å²) in [7, 11) is 0. The lowest BCUT2D eigenvalue weighted by molar-refractivity contribution is -0.383. The molecule has 3 N–H and O–H groups in total. The van der Waals surface area contributed by atoms with Gasteiger partial charge in [-0.2, -0.15) is 0 Å². The normalized spacial score (nSPS) is 10.1. The molecule has 0 fully saturated rings. The van der Waals surface area contributed by atoms with Crippen molar-refractivity contribution in [3.05, 3.63) is 64.0 Å². The molecule has 2 aromatic rings. The second-order valence-electron chi connectivity index (χ2n) is 3.96. The smallest absolute Gasteiger partial charge is 0.292 e. The van der Waals surface area contributed by atoms with Crippen LogP contribution in [0.25, 0.3) is 0 Å². The van der Waals surface area contributed by atoms with Gasteiger partial charge in [0.1, 0.15) is 11.5 Å². The molecule has 0 radical (unpaired) electrons. The largest absolute Gasteiger partial charge is 0.393 e. The van der Waals surface area contributed by atoms with Crippen molar-refractivity contribution in [2.75, 3.05) is 11.1 Å². The minimum Gasteiger partial charge on any atom is -0.393 e. The highest BCUT2D eigenvalue weighted by Crippen LogP contribution is 2.23. The van der Waals surface area contributed by atoms with Crippen LogP contribution in [0, 0.1) is 15.9 Å². The number of halogens is 1. The number of carbonyl (C=O) groups excluding carboxylic acids is 1. The molecule has 0 spiro atoms. The summed E-state index contributed by atoms with van der Waals surface area (Å²) >= 11 is 0. The summed E-state index contributed by atoms with van der Waals surface area (Å²) in [5, 5.41) is 13.0. The average Bonchev–Trinajstić information content (AvgIpc) is 2.40. The third kappa shape index (κ3) is 2.72. The van der Waals surface area contributed by atoms with Crippen LogP contribution in [0.2, 0.25) is 0 Å². The molecular weight excluding hydrogens is 265 g/mol. The van der Waals surface area contributed by atoms with E-state index in [9.17, 15) is 19.3 Å². The number of para-hydroxylation sites is 1. The molecule has 0 aromatic heterocycles. The number of anilines is 2. The zero-order chi connectivity index (χ0) is 14.7. The Hall–Kier alpha value is -2.96. The van der Waals surface area contributed by atoms with Crippen molar-refractivity contribution in [1.82, 2.24) is 0 Å². The summed E-state index contributed by atoms with van der Waals surface area (Å²) in [5.74, 6) is -1.17. The number of hydrogen-bond acceptors (Lipinski definition) is 4. The Labute approximate surface area is 113 Å². The molecule has 0 aliphatic heterocycles. The Bertz CT molecular complexity index is 688. The van der Waals surface area contributed by atoms with Crippen LogP contribution in [-0.2, 0) is 0 Å². The van der Waals surface area contributed by atoms with E-state index in [0.29, 0.717) is 0 Å². The van der Waals surface area contributed by atoms with Gasteiger partial charge in [0.25, 0.3) is 11.6 Å². The van der Waals surface area contributed by atoms with E-state index in [2.05, 4.69) is 5.32 Å². The average molecular weight is 275 g/mol. The maximum Gasteiger partial charge on any atom is 0.292 e. The van der Waals surface area contributed by atoms with Gasteiger partial charge in [-0.25, -0.2) is 4.39 Å². The van der Waals surface area contributed by atoms with Crippen LogP contribution < -0.4 is 11.1 Å². The van der Waals surface area contributed by atoms with Crippen LogP contribution in [0.15, 0.2) is 42.5 Å². The Morgan fingerprint density at radius 3 is 2.55 bits per heavy atom. The van der Waals surface area contributed by atoms with Crippen molar-refractivity contribution >= 4 is 23.0 Å². The molecule has 0 bridgehead atoms. The van der Waals surface area contributed by atoms with E-state index in [4.69, 9.17) is 5.73 Å². The van der Waals surface area contributed by atoms with Crippen molar-refractivity contribution in [3.8, 4) is 0 Å². The van der Waals surface area contributed by atoms with Gasteiger partial charge in [-0.3, -0.25) is 14.9 Å². The van der Waals surface area contributed by atoms with Gasteiger partial charge in [0.2, 0.25) is 0 Å². The number of benzene rings is 2. The van der Waals surface area contributed by atoms with E-state index in [1.54, 1.807) is 6.07 Å². The molecule has 0 aliphatic carbocycles. The molecule has 102 valence electrons. The van der Waals surface area contributed by atoms with Crippen LogP contribution >= 0.6 is 0 Å². The first-order chi connectivity index (χ1) is 9.49. The quantitative estimate of drug-likeness (QED) is 0.511. The van der Waals surface area contributed by atoms with Gasteiger partial charge >= 0.3 is 0 Å². The Balaban J connectivity index is 2.24. The Morgan fingerprint density at radius 2 is 1.95 bits per heavy atom. The van der Waals surface area contributed by atoms with E-state index < -0.39 is 16.6 Å². The fourth-order valence-corrected chi connectivity index (χ4v) is 1.62. The molecule has 7 heteroatoms. The Kier molecular flexibility index (Phi) is 3.60. The molecule has 6 nitrogen and oxygen atoms in total. The fourth-order valence-electron chi connectivity index (χ4n) is 1.62. The number of nitro benzene ring substituents is 1. The summed E-state index contributed by atoms with van der Waals surface area (Å²) in [6, 6.07) is 9.24. The monoisotopic (exact) mass is 275 g/mol. The molecule has 2 rings (SSSR count). The molecule has 0 atom stereocenters.